The number of amides is 3. The van der Waals surface area contributed by atoms with Gasteiger partial charge in [-0.3, -0.25) is 10.2 Å². The van der Waals surface area contributed by atoms with Gasteiger partial charge in [0.15, 0.2) is 0 Å². The van der Waals surface area contributed by atoms with Gasteiger partial charge in [-0.25, -0.2) is 14.6 Å². The number of hydrazine groups is 1. The van der Waals surface area contributed by atoms with E-state index in [0.29, 0.717) is 19.4 Å². The van der Waals surface area contributed by atoms with E-state index in [1.165, 1.54) is 19.1 Å². The van der Waals surface area contributed by atoms with E-state index in [2.05, 4.69) is 31.2 Å². The van der Waals surface area contributed by atoms with Crippen LogP contribution in [-0.4, -0.2) is 65.6 Å². The molecule has 25 heavy (non-hydrogen) atoms. The first-order chi connectivity index (χ1) is 11.9. The second-order valence-corrected chi connectivity index (χ2v) is 6.27. The van der Waals surface area contributed by atoms with Crippen molar-refractivity contribution >= 4 is 30.7 Å². The number of hydrogen-bond acceptors (Lipinski definition) is 6. The molecule has 1 rings (SSSR count). The van der Waals surface area contributed by atoms with E-state index in [4.69, 9.17) is 9.47 Å². The second kappa shape index (κ2) is 10.7. The first-order valence-electron chi connectivity index (χ1n) is 7.93. The molecule has 0 spiro atoms. The van der Waals surface area contributed by atoms with Gasteiger partial charge in [-0.1, -0.05) is 25.3 Å². The van der Waals surface area contributed by atoms with Gasteiger partial charge in [-0.05, 0) is 12.8 Å². The molecule has 2 atom stereocenters. The molecule has 0 saturated carbocycles. The van der Waals surface area contributed by atoms with Crippen molar-refractivity contribution in [2.75, 3.05) is 26.3 Å². The molecule has 8 nitrogen and oxygen atoms in total. The Balaban J connectivity index is 2.66. The summed E-state index contributed by atoms with van der Waals surface area (Å²) in [5.41, 5.74) is 2.42. The van der Waals surface area contributed by atoms with Crippen molar-refractivity contribution < 1.29 is 23.9 Å². The Hall–Kier alpha value is -2.16. The lowest BCUT2D eigenvalue weighted by Crippen LogP contribution is -2.48. The standard InChI is InChI=1S/C16H25N3O5S/c1-4-8-23-15(21)18-11-14(25)10-13(18)6-7-19(17-12(3)20)16(22)24-9-5-2/h4-5,13-14,25H,1-2,6-11H2,3H3,(H,17,20)/t13-,14-/m0/s1. The molecule has 1 aliphatic rings. The van der Waals surface area contributed by atoms with Crippen LogP contribution >= 0.6 is 12.6 Å². The number of thiol groups is 1. The number of likely N-dealkylation sites (tertiary alicyclic amines) is 1. The van der Waals surface area contributed by atoms with E-state index in [9.17, 15) is 14.4 Å². The molecule has 1 aliphatic heterocycles. The number of ether oxygens (including phenoxy) is 2. The van der Waals surface area contributed by atoms with E-state index < -0.39 is 18.1 Å². The Morgan fingerprint density at radius 3 is 2.52 bits per heavy atom. The maximum atomic E-state index is 12.1. The van der Waals surface area contributed by atoms with Crippen molar-refractivity contribution in [1.29, 1.82) is 0 Å². The molecule has 0 radical (unpaired) electrons. The van der Waals surface area contributed by atoms with Crippen molar-refractivity contribution in [3.63, 3.8) is 0 Å². The molecule has 1 fully saturated rings. The molecule has 9 heteroatoms. The van der Waals surface area contributed by atoms with Gasteiger partial charge in [0.1, 0.15) is 13.2 Å². The van der Waals surface area contributed by atoms with Gasteiger partial charge in [-0.15, -0.1) is 0 Å². The van der Waals surface area contributed by atoms with Gasteiger partial charge >= 0.3 is 12.2 Å². The van der Waals surface area contributed by atoms with Crippen molar-refractivity contribution in [2.24, 2.45) is 0 Å². The highest BCUT2D eigenvalue weighted by Gasteiger charge is 2.35. The minimum atomic E-state index is -0.684. The third-order valence-electron chi connectivity index (χ3n) is 3.47. The Bertz CT molecular complexity index is 514. The summed E-state index contributed by atoms with van der Waals surface area (Å²) in [4.78, 5) is 36.9. The molecular weight excluding hydrogens is 346 g/mol. The Morgan fingerprint density at radius 2 is 1.92 bits per heavy atom. The fraction of sp³-hybridized carbons (Fsp3) is 0.562. The average molecular weight is 371 g/mol. The number of carbonyl (C=O) groups excluding carboxylic acids is 3. The smallest absolute Gasteiger partial charge is 0.428 e. The number of nitrogens with zero attached hydrogens (tertiary/aromatic N) is 2. The van der Waals surface area contributed by atoms with Gasteiger partial charge in [-0.2, -0.15) is 12.6 Å². The van der Waals surface area contributed by atoms with Gasteiger partial charge < -0.3 is 14.4 Å². The normalized spacial score (nSPS) is 19.0. The molecule has 0 aromatic rings. The van der Waals surface area contributed by atoms with Crippen LogP contribution in [-0.2, 0) is 14.3 Å². The highest BCUT2D eigenvalue weighted by atomic mass is 32.1. The zero-order valence-corrected chi connectivity index (χ0v) is 15.2. The van der Waals surface area contributed by atoms with Crippen LogP contribution in [0.25, 0.3) is 0 Å². The zero-order chi connectivity index (χ0) is 18.8. The van der Waals surface area contributed by atoms with Gasteiger partial charge in [0.05, 0.1) is 0 Å². The van der Waals surface area contributed by atoms with Crippen LogP contribution in [0, 0.1) is 0 Å². The second-order valence-electron chi connectivity index (χ2n) is 5.54. The molecule has 0 aromatic heterocycles. The topological polar surface area (TPSA) is 88.2 Å². The number of nitrogens with one attached hydrogen (secondary N) is 1. The average Bonchev–Trinajstić information content (AvgIpc) is 2.94. The predicted octanol–water partition coefficient (Wildman–Crippen LogP) is 1.75. The summed E-state index contributed by atoms with van der Waals surface area (Å²) in [6.07, 6.45) is 2.92. The monoisotopic (exact) mass is 371 g/mol. The molecular formula is C16H25N3O5S. The summed E-state index contributed by atoms with van der Waals surface area (Å²) in [5, 5.41) is 1.12. The van der Waals surface area contributed by atoms with Crippen molar-refractivity contribution in [2.45, 2.75) is 31.1 Å². The van der Waals surface area contributed by atoms with Crippen LogP contribution in [0.2, 0.25) is 0 Å². The highest BCUT2D eigenvalue weighted by molar-refractivity contribution is 7.81. The predicted molar refractivity (Wildman–Crippen MR) is 96.1 cm³/mol. The van der Waals surface area contributed by atoms with Crippen molar-refractivity contribution in [3.05, 3.63) is 25.3 Å². The summed E-state index contributed by atoms with van der Waals surface area (Å²) in [6.45, 7) is 9.09. The summed E-state index contributed by atoms with van der Waals surface area (Å²) >= 11 is 4.43. The van der Waals surface area contributed by atoms with E-state index in [0.717, 1.165) is 5.01 Å². The Kier molecular flexibility index (Phi) is 8.90. The summed E-state index contributed by atoms with van der Waals surface area (Å²) in [5.74, 6) is -0.392. The van der Waals surface area contributed by atoms with Crippen LogP contribution in [0.1, 0.15) is 19.8 Å². The molecule has 3 amide bonds. The first kappa shape index (κ1) is 20.9. The molecule has 1 saturated heterocycles. The lowest BCUT2D eigenvalue weighted by molar-refractivity contribution is -0.123. The molecule has 0 bridgehead atoms. The quantitative estimate of drug-likeness (QED) is 0.404. The molecule has 140 valence electrons. The SMILES string of the molecule is C=CCOC(=O)N(CC[C@H]1C[C@H](S)CN1C(=O)OCC=C)NC(C)=O. The molecule has 0 aliphatic carbocycles. The Labute approximate surface area is 153 Å². The highest BCUT2D eigenvalue weighted by Crippen LogP contribution is 2.25. The van der Waals surface area contributed by atoms with Crippen LogP contribution in [0.5, 0.6) is 0 Å². The molecule has 1 N–H and O–H groups in total. The first-order valence-corrected chi connectivity index (χ1v) is 8.45. The van der Waals surface area contributed by atoms with Crippen LogP contribution in [0.3, 0.4) is 0 Å². The van der Waals surface area contributed by atoms with Gasteiger partial charge in [0, 0.05) is 31.3 Å². The van der Waals surface area contributed by atoms with Gasteiger partial charge in [0.2, 0.25) is 5.91 Å². The fourth-order valence-corrected chi connectivity index (χ4v) is 2.89. The minimum absolute atomic E-state index is 0.0308. The molecule has 0 aromatic carbocycles. The third kappa shape index (κ3) is 7.08. The van der Waals surface area contributed by atoms with Crippen molar-refractivity contribution in [3.8, 4) is 0 Å². The summed E-state index contributed by atoms with van der Waals surface area (Å²) in [7, 11) is 0. The molecule has 0 unspecified atom stereocenters. The summed E-state index contributed by atoms with van der Waals surface area (Å²) in [6, 6.07) is -0.150. The van der Waals surface area contributed by atoms with E-state index in [1.807, 2.05) is 0 Å². The number of rotatable bonds is 7. The van der Waals surface area contributed by atoms with Crippen LogP contribution in [0.4, 0.5) is 9.59 Å². The van der Waals surface area contributed by atoms with E-state index in [-0.39, 0.29) is 31.1 Å². The maximum Gasteiger partial charge on any atom is 0.428 e. The van der Waals surface area contributed by atoms with Crippen LogP contribution < -0.4 is 5.43 Å². The summed E-state index contributed by atoms with van der Waals surface area (Å²) < 4.78 is 10.0. The molecule has 1 heterocycles. The Morgan fingerprint density at radius 1 is 1.28 bits per heavy atom. The van der Waals surface area contributed by atoms with Crippen molar-refractivity contribution in [1.82, 2.24) is 15.3 Å². The lowest BCUT2D eigenvalue weighted by Gasteiger charge is -2.27. The lowest BCUT2D eigenvalue weighted by atomic mass is 10.1. The fourth-order valence-electron chi connectivity index (χ4n) is 2.47. The van der Waals surface area contributed by atoms with E-state index >= 15 is 0 Å². The van der Waals surface area contributed by atoms with Gasteiger partial charge in [0.25, 0.3) is 0 Å². The van der Waals surface area contributed by atoms with E-state index in [1.54, 1.807) is 4.90 Å². The minimum Gasteiger partial charge on any atom is -0.445 e. The zero-order valence-electron chi connectivity index (χ0n) is 14.3. The number of carbonyl (C=O) groups is 3. The largest absolute Gasteiger partial charge is 0.445 e. The number of hydrogen-bond donors (Lipinski definition) is 2. The maximum absolute atomic E-state index is 12.1. The van der Waals surface area contributed by atoms with Crippen LogP contribution in [0.15, 0.2) is 25.3 Å². The third-order valence-corrected chi connectivity index (χ3v) is 3.85.